The number of benzene rings is 1. The average Bonchev–Trinajstić information content (AvgIpc) is 2.90. The summed E-state index contributed by atoms with van der Waals surface area (Å²) in [5, 5.41) is 2.91. The average molecular weight is 409 g/mol. The van der Waals surface area contributed by atoms with Gasteiger partial charge in [0.1, 0.15) is 0 Å². The summed E-state index contributed by atoms with van der Waals surface area (Å²) in [5.41, 5.74) is 0.651. The molecule has 2 heterocycles. The maximum Gasteiger partial charge on any atom is 0.279 e. The molecule has 28 heavy (non-hydrogen) atoms. The fourth-order valence-corrected chi connectivity index (χ4v) is 6.18. The molecular weight excluding hydrogens is 374 g/mol. The van der Waals surface area contributed by atoms with Gasteiger partial charge in [-0.2, -0.15) is 4.31 Å². The molecule has 2 aliphatic rings. The summed E-state index contributed by atoms with van der Waals surface area (Å²) in [6.07, 6.45) is 5.95. The number of amides is 1. The number of piperidine rings is 1. The molecule has 0 aromatic heterocycles. The number of hydrogen-bond donors (Lipinski definition) is 2. The van der Waals surface area contributed by atoms with Gasteiger partial charge in [0.25, 0.3) is 5.91 Å². The molecule has 6 nitrogen and oxygen atoms in total. The Morgan fingerprint density at radius 2 is 1.61 bits per heavy atom. The van der Waals surface area contributed by atoms with Crippen molar-refractivity contribution < 1.29 is 18.1 Å². The highest BCUT2D eigenvalue weighted by Gasteiger charge is 2.31. The standard InChI is InChI=1S/C21H33N3O3S/c1-17-13-18(2)15-24(14-17)28(26,27)20-9-7-19(8-10-20)22-21(25)16-23-11-5-3-4-6-12-23/h7-10,17-18H,3-6,11-16H2,1-2H3,(H,22,25)/p+1/t17-,18-/m0/s1. The van der Waals surface area contributed by atoms with Crippen LogP contribution in [0.4, 0.5) is 5.69 Å². The zero-order chi connectivity index (χ0) is 20.1. The summed E-state index contributed by atoms with van der Waals surface area (Å²) in [4.78, 5) is 14.0. The van der Waals surface area contributed by atoms with Crippen LogP contribution in [0.1, 0.15) is 46.0 Å². The Morgan fingerprint density at radius 3 is 2.18 bits per heavy atom. The van der Waals surface area contributed by atoms with E-state index in [2.05, 4.69) is 19.2 Å². The second kappa shape index (κ2) is 9.37. The number of rotatable bonds is 5. The van der Waals surface area contributed by atoms with Gasteiger partial charge in [0.2, 0.25) is 10.0 Å². The van der Waals surface area contributed by atoms with Gasteiger partial charge in [0, 0.05) is 18.8 Å². The highest BCUT2D eigenvalue weighted by Crippen LogP contribution is 2.27. The molecule has 1 aromatic rings. The van der Waals surface area contributed by atoms with Crippen LogP contribution in [0.15, 0.2) is 29.2 Å². The molecule has 7 heteroatoms. The van der Waals surface area contributed by atoms with Crippen LogP contribution in [0.25, 0.3) is 0 Å². The molecule has 0 bridgehead atoms. The predicted octanol–water partition coefficient (Wildman–Crippen LogP) is 1.75. The van der Waals surface area contributed by atoms with Crippen molar-refractivity contribution in [3.8, 4) is 0 Å². The summed E-state index contributed by atoms with van der Waals surface area (Å²) in [7, 11) is -3.48. The molecule has 0 saturated carbocycles. The summed E-state index contributed by atoms with van der Waals surface area (Å²) < 4.78 is 27.5. The first-order valence-electron chi connectivity index (χ1n) is 10.6. The van der Waals surface area contributed by atoms with E-state index in [-0.39, 0.29) is 5.91 Å². The third-order valence-electron chi connectivity index (χ3n) is 5.83. The molecule has 1 amide bonds. The predicted molar refractivity (Wildman–Crippen MR) is 111 cm³/mol. The van der Waals surface area contributed by atoms with Crippen LogP contribution in [-0.4, -0.2) is 51.4 Å². The zero-order valence-corrected chi connectivity index (χ0v) is 17.9. The van der Waals surface area contributed by atoms with Gasteiger partial charge in [-0.15, -0.1) is 0 Å². The highest BCUT2D eigenvalue weighted by atomic mass is 32.2. The van der Waals surface area contributed by atoms with Crippen molar-refractivity contribution in [1.29, 1.82) is 0 Å². The topological polar surface area (TPSA) is 70.9 Å². The Hall–Kier alpha value is -1.44. The second-order valence-electron chi connectivity index (χ2n) is 8.68. The molecule has 2 saturated heterocycles. The number of sulfonamides is 1. The van der Waals surface area contributed by atoms with Gasteiger partial charge in [-0.05, 0) is 68.2 Å². The lowest BCUT2D eigenvalue weighted by Crippen LogP contribution is -3.12. The Morgan fingerprint density at radius 1 is 1.04 bits per heavy atom. The van der Waals surface area contributed by atoms with Gasteiger partial charge in [-0.25, -0.2) is 8.42 Å². The fraction of sp³-hybridized carbons (Fsp3) is 0.667. The van der Waals surface area contributed by atoms with Gasteiger partial charge in [-0.3, -0.25) is 4.79 Å². The molecule has 2 N–H and O–H groups in total. The van der Waals surface area contributed by atoms with Crippen LogP contribution in [0.2, 0.25) is 0 Å². The molecule has 0 spiro atoms. The molecule has 2 atom stereocenters. The van der Waals surface area contributed by atoms with Gasteiger partial charge in [0.05, 0.1) is 18.0 Å². The first-order valence-corrected chi connectivity index (χ1v) is 12.0. The zero-order valence-electron chi connectivity index (χ0n) is 17.1. The molecule has 3 rings (SSSR count). The molecule has 2 fully saturated rings. The van der Waals surface area contributed by atoms with Gasteiger partial charge < -0.3 is 10.2 Å². The highest BCUT2D eigenvalue weighted by molar-refractivity contribution is 7.89. The van der Waals surface area contributed by atoms with Crippen LogP contribution in [0, 0.1) is 11.8 Å². The Balaban J connectivity index is 1.60. The van der Waals surface area contributed by atoms with Crippen molar-refractivity contribution in [2.75, 3.05) is 38.0 Å². The van der Waals surface area contributed by atoms with E-state index < -0.39 is 10.0 Å². The van der Waals surface area contributed by atoms with Gasteiger partial charge in [-0.1, -0.05) is 13.8 Å². The second-order valence-corrected chi connectivity index (χ2v) is 10.6. The van der Waals surface area contributed by atoms with Crippen LogP contribution in [-0.2, 0) is 14.8 Å². The first-order chi connectivity index (χ1) is 13.3. The van der Waals surface area contributed by atoms with E-state index in [4.69, 9.17) is 0 Å². The summed E-state index contributed by atoms with van der Waals surface area (Å²) in [6, 6.07) is 6.60. The lowest BCUT2D eigenvalue weighted by Gasteiger charge is -2.34. The molecule has 2 aliphatic heterocycles. The summed E-state index contributed by atoms with van der Waals surface area (Å²) >= 11 is 0. The lowest BCUT2D eigenvalue weighted by molar-refractivity contribution is -0.890. The number of nitrogens with zero attached hydrogens (tertiary/aromatic N) is 1. The smallest absolute Gasteiger partial charge is 0.279 e. The number of carbonyl (C=O) groups excluding carboxylic acids is 1. The molecule has 156 valence electrons. The quantitative estimate of drug-likeness (QED) is 0.780. The third-order valence-corrected chi connectivity index (χ3v) is 7.68. The van der Waals surface area contributed by atoms with Gasteiger partial charge in [0.15, 0.2) is 6.54 Å². The summed E-state index contributed by atoms with van der Waals surface area (Å²) in [6.45, 7) is 7.93. The van der Waals surface area contributed by atoms with Crippen molar-refractivity contribution in [3.63, 3.8) is 0 Å². The van der Waals surface area contributed by atoms with Crippen LogP contribution in [0.5, 0.6) is 0 Å². The van der Waals surface area contributed by atoms with E-state index in [1.165, 1.54) is 30.6 Å². The van der Waals surface area contributed by atoms with E-state index in [1.807, 2.05) is 0 Å². The Kier molecular flexibility index (Phi) is 7.12. The van der Waals surface area contributed by atoms with Crippen LogP contribution < -0.4 is 10.2 Å². The monoisotopic (exact) mass is 408 g/mol. The van der Waals surface area contributed by atoms with Crippen molar-refractivity contribution >= 4 is 21.6 Å². The number of nitrogens with one attached hydrogen (secondary N) is 2. The Bertz CT molecular complexity index is 746. The van der Waals surface area contributed by atoms with E-state index >= 15 is 0 Å². The maximum atomic E-state index is 12.9. The minimum atomic E-state index is -3.48. The van der Waals surface area contributed by atoms with E-state index in [0.29, 0.717) is 42.1 Å². The Labute approximate surface area is 169 Å². The minimum Gasteiger partial charge on any atom is -0.327 e. The van der Waals surface area contributed by atoms with E-state index in [1.54, 1.807) is 28.6 Å². The number of quaternary nitrogens is 1. The molecule has 1 aromatic carbocycles. The number of hydrogen-bond acceptors (Lipinski definition) is 3. The minimum absolute atomic E-state index is 0.00816. The third kappa shape index (κ3) is 5.55. The lowest BCUT2D eigenvalue weighted by atomic mass is 9.94. The number of likely N-dealkylation sites (tertiary alicyclic amines) is 1. The first kappa shape index (κ1) is 21.3. The molecule has 0 unspecified atom stereocenters. The van der Waals surface area contributed by atoms with Crippen LogP contribution >= 0.6 is 0 Å². The van der Waals surface area contributed by atoms with Crippen molar-refractivity contribution in [1.82, 2.24) is 4.31 Å². The SMILES string of the molecule is C[C@H]1C[C@H](C)CN(S(=O)(=O)c2ccc(NC(=O)C[NH+]3CCCCCC3)cc2)C1. The van der Waals surface area contributed by atoms with Crippen LogP contribution in [0.3, 0.4) is 0 Å². The number of anilines is 1. The molecule has 0 aliphatic carbocycles. The normalized spacial score (nSPS) is 25.2. The summed E-state index contributed by atoms with van der Waals surface area (Å²) in [5.74, 6) is 0.739. The largest absolute Gasteiger partial charge is 0.327 e. The fourth-order valence-electron chi connectivity index (χ4n) is 4.50. The van der Waals surface area contributed by atoms with Crippen molar-refractivity contribution in [2.45, 2.75) is 50.8 Å². The maximum absolute atomic E-state index is 12.9. The molecular formula is C21H34N3O3S+. The number of carbonyl (C=O) groups is 1. The van der Waals surface area contributed by atoms with Crippen molar-refractivity contribution in [3.05, 3.63) is 24.3 Å². The molecule has 0 radical (unpaired) electrons. The van der Waals surface area contributed by atoms with Gasteiger partial charge >= 0.3 is 0 Å². The van der Waals surface area contributed by atoms with Crippen molar-refractivity contribution in [2.24, 2.45) is 11.8 Å². The van der Waals surface area contributed by atoms with E-state index in [0.717, 1.165) is 19.5 Å². The van der Waals surface area contributed by atoms with E-state index in [9.17, 15) is 13.2 Å².